The molecule has 1 N–H and O–H groups in total. The molecule has 0 spiro atoms. The normalized spacial score (nSPS) is 10.4. The molecule has 3 aromatic rings. The molecule has 0 saturated carbocycles. The molecule has 1 amide bonds. The molecule has 1 heterocycles. The Morgan fingerprint density at radius 1 is 1.09 bits per heavy atom. The minimum Gasteiger partial charge on any atom is -0.298 e. The van der Waals surface area contributed by atoms with Crippen LogP contribution in [0.4, 0.5) is 5.13 Å². The van der Waals surface area contributed by atoms with Crippen LogP contribution in [0.15, 0.2) is 60.0 Å². The number of nitrogens with one attached hydrogen (secondary N) is 1. The van der Waals surface area contributed by atoms with E-state index in [0.717, 1.165) is 17.7 Å². The van der Waals surface area contributed by atoms with Crippen LogP contribution < -0.4 is 5.32 Å². The molecule has 3 nitrogen and oxygen atoms in total. The molecule has 0 fully saturated rings. The van der Waals surface area contributed by atoms with Crippen molar-refractivity contribution in [3.8, 4) is 11.3 Å². The van der Waals surface area contributed by atoms with Crippen molar-refractivity contribution >= 4 is 22.4 Å². The molecule has 0 unspecified atom stereocenters. The van der Waals surface area contributed by atoms with Crippen LogP contribution in [0.2, 0.25) is 0 Å². The van der Waals surface area contributed by atoms with E-state index in [1.165, 1.54) is 16.9 Å². The van der Waals surface area contributed by atoms with Crippen LogP contribution in [-0.4, -0.2) is 10.9 Å². The summed E-state index contributed by atoms with van der Waals surface area (Å²) in [5.74, 6) is -0.136. The van der Waals surface area contributed by atoms with Gasteiger partial charge in [-0.2, -0.15) is 0 Å². The molecule has 3 rings (SSSR count). The van der Waals surface area contributed by atoms with Gasteiger partial charge in [0.2, 0.25) is 0 Å². The van der Waals surface area contributed by atoms with Crippen molar-refractivity contribution in [1.82, 2.24) is 4.98 Å². The number of aryl methyl sites for hydroxylation is 1. The Morgan fingerprint density at radius 3 is 2.50 bits per heavy atom. The summed E-state index contributed by atoms with van der Waals surface area (Å²) in [6.45, 7) is 2.13. The molecule has 110 valence electrons. The summed E-state index contributed by atoms with van der Waals surface area (Å²) < 4.78 is 0. The van der Waals surface area contributed by atoms with Crippen LogP contribution in [0.5, 0.6) is 0 Å². The molecule has 0 saturated heterocycles. The second-order valence-electron chi connectivity index (χ2n) is 4.91. The fraction of sp³-hybridized carbons (Fsp3) is 0.111. The first kappa shape index (κ1) is 14.5. The Balaban J connectivity index is 1.74. The van der Waals surface area contributed by atoms with Gasteiger partial charge >= 0.3 is 0 Å². The van der Waals surface area contributed by atoms with E-state index < -0.39 is 0 Å². The van der Waals surface area contributed by atoms with Crippen molar-refractivity contribution in [3.63, 3.8) is 0 Å². The maximum absolute atomic E-state index is 12.1. The van der Waals surface area contributed by atoms with E-state index >= 15 is 0 Å². The maximum atomic E-state index is 12.1. The number of amides is 1. The zero-order chi connectivity index (χ0) is 15.4. The van der Waals surface area contributed by atoms with E-state index in [0.29, 0.717) is 10.7 Å². The number of nitrogens with zero attached hydrogens (tertiary/aromatic N) is 1. The van der Waals surface area contributed by atoms with Crippen LogP contribution >= 0.6 is 11.3 Å². The highest BCUT2D eigenvalue weighted by atomic mass is 32.1. The largest absolute Gasteiger partial charge is 0.298 e. The van der Waals surface area contributed by atoms with Crippen molar-refractivity contribution < 1.29 is 4.79 Å². The minimum atomic E-state index is -0.136. The quantitative estimate of drug-likeness (QED) is 0.764. The van der Waals surface area contributed by atoms with E-state index in [4.69, 9.17) is 0 Å². The Hall–Kier alpha value is -2.46. The summed E-state index contributed by atoms with van der Waals surface area (Å²) in [4.78, 5) is 16.6. The number of anilines is 1. The standard InChI is InChI=1S/C18H16N2OS/c1-2-13-8-10-14(11-9-13)16-12-22-18(19-16)20-17(21)15-6-4-3-5-7-15/h3-12H,2H2,1H3,(H,19,20,21). The lowest BCUT2D eigenvalue weighted by molar-refractivity contribution is 0.102. The van der Waals surface area contributed by atoms with Crippen molar-refractivity contribution in [2.24, 2.45) is 0 Å². The van der Waals surface area contributed by atoms with Gasteiger partial charge < -0.3 is 0 Å². The molecule has 2 aromatic carbocycles. The van der Waals surface area contributed by atoms with E-state index in [2.05, 4.69) is 41.5 Å². The topological polar surface area (TPSA) is 42.0 Å². The molecule has 0 aliphatic rings. The van der Waals surface area contributed by atoms with E-state index in [1.807, 2.05) is 23.6 Å². The van der Waals surface area contributed by atoms with Gasteiger partial charge in [-0.25, -0.2) is 4.98 Å². The predicted octanol–water partition coefficient (Wildman–Crippen LogP) is 4.62. The second-order valence-corrected chi connectivity index (χ2v) is 5.77. The second kappa shape index (κ2) is 6.54. The molecule has 0 aliphatic carbocycles. The van der Waals surface area contributed by atoms with Gasteiger partial charge in [0.15, 0.2) is 5.13 Å². The van der Waals surface area contributed by atoms with E-state index in [9.17, 15) is 4.79 Å². The molecule has 22 heavy (non-hydrogen) atoms. The van der Waals surface area contributed by atoms with Crippen molar-refractivity contribution in [2.45, 2.75) is 13.3 Å². The Bertz CT molecular complexity index is 763. The number of hydrogen-bond donors (Lipinski definition) is 1. The van der Waals surface area contributed by atoms with Crippen LogP contribution in [0.25, 0.3) is 11.3 Å². The van der Waals surface area contributed by atoms with Crippen molar-refractivity contribution in [2.75, 3.05) is 5.32 Å². The number of carbonyl (C=O) groups is 1. The van der Waals surface area contributed by atoms with Gasteiger partial charge in [-0.05, 0) is 24.1 Å². The molecule has 0 aliphatic heterocycles. The van der Waals surface area contributed by atoms with E-state index in [-0.39, 0.29) is 5.91 Å². The zero-order valence-corrected chi connectivity index (χ0v) is 13.1. The van der Waals surface area contributed by atoms with Gasteiger partial charge in [0.1, 0.15) is 0 Å². The first-order valence-corrected chi connectivity index (χ1v) is 8.05. The Morgan fingerprint density at radius 2 is 1.82 bits per heavy atom. The number of aromatic nitrogens is 1. The molecular weight excluding hydrogens is 292 g/mol. The summed E-state index contributed by atoms with van der Waals surface area (Å²) in [6.07, 6.45) is 1.02. The molecule has 4 heteroatoms. The highest BCUT2D eigenvalue weighted by Crippen LogP contribution is 2.25. The first-order chi connectivity index (χ1) is 10.8. The third-order valence-electron chi connectivity index (χ3n) is 3.42. The average Bonchev–Trinajstić information content (AvgIpc) is 3.04. The number of carbonyl (C=O) groups excluding carboxylic acids is 1. The Labute approximate surface area is 133 Å². The smallest absolute Gasteiger partial charge is 0.257 e. The fourth-order valence-corrected chi connectivity index (χ4v) is 2.85. The summed E-state index contributed by atoms with van der Waals surface area (Å²) in [7, 11) is 0. The van der Waals surface area contributed by atoms with E-state index in [1.54, 1.807) is 12.1 Å². The van der Waals surface area contributed by atoms with Gasteiger partial charge in [0.25, 0.3) is 5.91 Å². The van der Waals surface area contributed by atoms with Gasteiger partial charge in [-0.3, -0.25) is 10.1 Å². The summed E-state index contributed by atoms with van der Waals surface area (Å²) >= 11 is 1.43. The van der Waals surface area contributed by atoms with Gasteiger partial charge in [0, 0.05) is 16.5 Å². The third kappa shape index (κ3) is 3.23. The lowest BCUT2D eigenvalue weighted by Gasteiger charge is -2.01. The number of hydrogen-bond acceptors (Lipinski definition) is 3. The zero-order valence-electron chi connectivity index (χ0n) is 12.2. The third-order valence-corrected chi connectivity index (χ3v) is 4.18. The number of thiazole rings is 1. The Kier molecular flexibility index (Phi) is 4.30. The van der Waals surface area contributed by atoms with Crippen molar-refractivity contribution in [3.05, 3.63) is 71.1 Å². The number of rotatable bonds is 4. The highest BCUT2D eigenvalue weighted by molar-refractivity contribution is 7.14. The SMILES string of the molecule is CCc1ccc(-c2csc(NC(=O)c3ccccc3)n2)cc1. The maximum Gasteiger partial charge on any atom is 0.257 e. The van der Waals surface area contributed by atoms with Gasteiger partial charge in [-0.15, -0.1) is 11.3 Å². The molecule has 0 radical (unpaired) electrons. The molecule has 1 aromatic heterocycles. The number of benzene rings is 2. The molecular formula is C18H16N2OS. The monoisotopic (exact) mass is 308 g/mol. The fourth-order valence-electron chi connectivity index (χ4n) is 2.13. The molecule has 0 bridgehead atoms. The summed E-state index contributed by atoms with van der Waals surface area (Å²) in [5.41, 5.74) is 3.88. The summed E-state index contributed by atoms with van der Waals surface area (Å²) in [6, 6.07) is 17.5. The lowest BCUT2D eigenvalue weighted by atomic mass is 10.1. The summed E-state index contributed by atoms with van der Waals surface area (Å²) in [5, 5.41) is 5.41. The van der Waals surface area contributed by atoms with Crippen LogP contribution in [0, 0.1) is 0 Å². The lowest BCUT2D eigenvalue weighted by Crippen LogP contribution is -2.11. The molecule has 0 atom stereocenters. The highest BCUT2D eigenvalue weighted by Gasteiger charge is 2.09. The average molecular weight is 308 g/mol. The van der Waals surface area contributed by atoms with Crippen LogP contribution in [0.3, 0.4) is 0 Å². The van der Waals surface area contributed by atoms with Crippen LogP contribution in [-0.2, 0) is 6.42 Å². The van der Waals surface area contributed by atoms with Crippen LogP contribution in [0.1, 0.15) is 22.8 Å². The van der Waals surface area contributed by atoms with Crippen molar-refractivity contribution in [1.29, 1.82) is 0 Å². The predicted molar refractivity (Wildman–Crippen MR) is 91.3 cm³/mol. The van der Waals surface area contributed by atoms with Gasteiger partial charge in [-0.1, -0.05) is 49.4 Å². The van der Waals surface area contributed by atoms with Gasteiger partial charge in [0.05, 0.1) is 5.69 Å². The first-order valence-electron chi connectivity index (χ1n) is 7.17. The minimum absolute atomic E-state index is 0.136.